The van der Waals surface area contributed by atoms with E-state index < -0.39 is 0 Å². The highest BCUT2D eigenvalue weighted by Gasteiger charge is 2.58. The minimum Gasteiger partial charge on any atom is -0.485 e. The van der Waals surface area contributed by atoms with Crippen LogP contribution in [0.5, 0.6) is 5.75 Å². The standard InChI is InChI=1S/C13H14ClNO/c1-12(2)13(7-8-13)15-11(14)9-5-3-4-6-10(9)16-12/h3-6H,7-8H2,1-2H3. The van der Waals surface area contributed by atoms with Gasteiger partial charge in [-0.1, -0.05) is 23.7 Å². The molecule has 0 amide bonds. The Morgan fingerprint density at radius 3 is 2.62 bits per heavy atom. The predicted octanol–water partition coefficient (Wildman–Crippen LogP) is 3.38. The number of halogens is 1. The largest absolute Gasteiger partial charge is 0.485 e. The van der Waals surface area contributed by atoms with Crippen molar-refractivity contribution < 1.29 is 4.74 Å². The van der Waals surface area contributed by atoms with Gasteiger partial charge in [-0.05, 0) is 38.8 Å². The maximum atomic E-state index is 6.27. The van der Waals surface area contributed by atoms with E-state index in [0.29, 0.717) is 5.17 Å². The van der Waals surface area contributed by atoms with Crippen LogP contribution in [0.1, 0.15) is 32.3 Å². The smallest absolute Gasteiger partial charge is 0.135 e. The topological polar surface area (TPSA) is 21.6 Å². The molecule has 1 saturated carbocycles. The summed E-state index contributed by atoms with van der Waals surface area (Å²) in [6.07, 6.45) is 2.12. The van der Waals surface area contributed by atoms with E-state index in [0.717, 1.165) is 24.2 Å². The third-order valence-corrected chi connectivity index (χ3v) is 3.92. The number of hydrogen-bond donors (Lipinski definition) is 0. The molecular formula is C13H14ClNO. The van der Waals surface area contributed by atoms with Crippen LogP contribution in [-0.2, 0) is 0 Å². The van der Waals surface area contributed by atoms with E-state index in [1.807, 2.05) is 24.3 Å². The SMILES string of the molecule is CC1(C)Oc2ccccc2C(Cl)=NC12CC2. The van der Waals surface area contributed by atoms with Gasteiger partial charge in [-0.25, -0.2) is 0 Å². The Morgan fingerprint density at radius 2 is 1.94 bits per heavy atom. The number of nitrogens with zero attached hydrogens (tertiary/aromatic N) is 1. The molecule has 3 heteroatoms. The maximum Gasteiger partial charge on any atom is 0.135 e. The fraction of sp³-hybridized carbons (Fsp3) is 0.462. The van der Waals surface area contributed by atoms with Gasteiger partial charge in [0.15, 0.2) is 0 Å². The molecule has 1 aliphatic carbocycles. The number of aliphatic imine (C=N–C) groups is 1. The number of fused-ring (bicyclic) bond motifs is 1. The quantitative estimate of drug-likeness (QED) is 0.676. The van der Waals surface area contributed by atoms with Crippen molar-refractivity contribution in [2.24, 2.45) is 4.99 Å². The van der Waals surface area contributed by atoms with E-state index in [2.05, 4.69) is 18.8 Å². The lowest BCUT2D eigenvalue weighted by molar-refractivity contribution is 0.0724. The highest BCUT2D eigenvalue weighted by atomic mass is 35.5. The summed E-state index contributed by atoms with van der Waals surface area (Å²) in [5.74, 6) is 0.838. The van der Waals surface area contributed by atoms with E-state index >= 15 is 0 Å². The molecule has 1 spiro atoms. The lowest BCUT2D eigenvalue weighted by Gasteiger charge is -2.31. The van der Waals surface area contributed by atoms with E-state index in [4.69, 9.17) is 16.3 Å². The summed E-state index contributed by atoms with van der Waals surface area (Å²) >= 11 is 6.27. The second-order valence-electron chi connectivity index (χ2n) is 5.04. The number of rotatable bonds is 0. The maximum absolute atomic E-state index is 6.27. The second kappa shape index (κ2) is 3.01. The van der Waals surface area contributed by atoms with Crippen LogP contribution in [0.2, 0.25) is 0 Å². The van der Waals surface area contributed by atoms with Gasteiger partial charge in [-0.15, -0.1) is 0 Å². The Morgan fingerprint density at radius 1 is 1.25 bits per heavy atom. The monoisotopic (exact) mass is 235 g/mol. The average Bonchev–Trinajstić information content (AvgIpc) is 2.99. The van der Waals surface area contributed by atoms with E-state index in [9.17, 15) is 0 Å². The predicted molar refractivity (Wildman–Crippen MR) is 65.5 cm³/mol. The summed E-state index contributed by atoms with van der Waals surface area (Å²) in [6, 6.07) is 7.83. The third-order valence-electron chi connectivity index (χ3n) is 3.63. The van der Waals surface area contributed by atoms with Crippen molar-refractivity contribution in [3.05, 3.63) is 29.8 Å². The molecule has 0 atom stereocenters. The van der Waals surface area contributed by atoms with Crippen LogP contribution in [0.25, 0.3) is 0 Å². The first-order valence-electron chi connectivity index (χ1n) is 5.58. The van der Waals surface area contributed by atoms with Gasteiger partial charge < -0.3 is 4.74 Å². The zero-order valence-corrected chi connectivity index (χ0v) is 10.2. The zero-order valence-electron chi connectivity index (χ0n) is 9.46. The van der Waals surface area contributed by atoms with Crippen LogP contribution >= 0.6 is 11.6 Å². The van der Waals surface area contributed by atoms with Crippen LogP contribution in [0, 0.1) is 0 Å². The Kier molecular flexibility index (Phi) is 1.91. The molecule has 16 heavy (non-hydrogen) atoms. The van der Waals surface area contributed by atoms with Crippen LogP contribution < -0.4 is 4.74 Å². The van der Waals surface area contributed by atoms with Gasteiger partial charge in [-0.3, -0.25) is 4.99 Å². The zero-order chi connectivity index (χ0) is 11.4. The molecule has 0 aromatic heterocycles. The van der Waals surface area contributed by atoms with Crippen LogP contribution in [0.15, 0.2) is 29.3 Å². The fourth-order valence-corrected chi connectivity index (χ4v) is 2.63. The average molecular weight is 236 g/mol. The molecule has 1 heterocycles. The molecule has 0 unspecified atom stereocenters. The van der Waals surface area contributed by atoms with Crippen molar-refractivity contribution in [2.45, 2.75) is 37.8 Å². The first kappa shape index (κ1) is 10.2. The molecule has 1 aromatic carbocycles. The van der Waals surface area contributed by atoms with Crippen molar-refractivity contribution in [1.82, 2.24) is 0 Å². The number of ether oxygens (including phenoxy) is 1. The van der Waals surface area contributed by atoms with Crippen molar-refractivity contribution in [1.29, 1.82) is 0 Å². The number of benzene rings is 1. The summed E-state index contributed by atoms with van der Waals surface area (Å²) in [4.78, 5) is 4.67. The van der Waals surface area contributed by atoms with Crippen molar-refractivity contribution in [3.8, 4) is 5.75 Å². The van der Waals surface area contributed by atoms with Crippen LogP contribution in [0.4, 0.5) is 0 Å². The molecule has 1 aliphatic heterocycles. The van der Waals surface area contributed by atoms with Gasteiger partial charge in [-0.2, -0.15) is 0 Å². The first-order chi connectivity index (χ1) is 7.54. The summed E-state index contributed by atoms with van der Waals surface area (Å²) in [5, 5.41) is 0.582. The third kappa shape index (κ3) is 1.29. The Hall–Kier alpha value is -1.02. The molecule has 0 saturated heterocycles. The first-order valence-corrected chi connectivity index (χ1v) is 5.96. The molecule has 0 N–H and O–H groups in total. The molecule has 0 bridgehead atoms. The Labute approximate surface area is 100 Å². The van der Waals surface area contributed by atoms with Gasteiger partial charge in [0, 0.05) is 0 Å². The van der Waals surface area contributed by atoms with E-state index in [1.54, 1.807) is 0 Å². The number of hydrogen-bond acceptors (Lipinski definition) is 2. The summed E-state index contributed by atoms with van der Waals surface area (Å²) in [7, 11) is 0. The van der Waals surface area contributed by atoms with Crippen LogP contribution in [0.3, 0.4) is 0 Å². The van der Waals surface area contributed by atoms with Crippen molar-refractivity contribution >= 4 is 16.8 Å². The lowest BCUT2D eigenvalue weighted by Crippen LogP contribution is -2.42. The molecule has 2 aliphatic rings. The summed E-state index contributed by atoms with van der Waals surface area (Å²) in [5.41, 5.74) is 0.518. The molecule has 0 radical (unpaired) electrons. The summed E-state index contributed by atoms with van der Waals surface area (Å²) in [6.45, 7) is 4.19. The Bertz CT molecular complexity index is 475. The normalized spacial score (nSPS) is 24.1. The highest BCUT2D eigenvalue weighted by Crippen LogP contribution is 2.52. The molecule has 1 aromatic rings. The van der Waals surface area contributed by atoms with Crippen molar-refractivity contribution in [2.75, 3.05) is 0 Å². The fourth-order valence-electron chi connectivity index (χ4n) is 2.31. The Balaban J connectivity index is 2.18. The molecule has 1 fully saturated rings. The van der Waals surface area contributed by atoms with Gasteiger partial charge in [0.25, 0.3) is 0 Å². The number of para-hydroxylation sites is 1. The van der Waals surface area contributed by atoms with Gasteiger partial charge >= 0.3 is 0 Å². The lowest BCUT2D eigenvalue weighted by atomic mass is 9.96. The highest BCUT2D eigenvalue weighted by molar-refractivity contribution is 6.70. The van der Waals surface area contributed by atoms with E-state index in [-0.39, 0.29) is 11.1 Å². The molecule has 84 valence electrons. The molecule has 3 rings (SSSR count). The molecule has 2 nitrogen and oxygen atoms in total. The summed E-state index contributed by atoms with van der Waals surface area (Å²) < 4.78 is 6.09. The van der Waals surface area contributed by atoms with Gasteiger partial charge in [0.1, 0.15) is 22.1 Å². The van der Waals surface area contributed by atoms with E-state index in [1.165, 1.54) is 0 Å². The minimum atomic E-state index is -0.278. The molecular weight excluding hydrogens is 222 g/mol. The van der Waals surface area contributed by atoms with Crippen LogP contribution in [-0.4, -0.2) is 16.3 Å². The van der Waals surface area contributed by atoms with Crippen molar-refractivity contribution in [3.63, 3.8) is 0 Å². The van der Waals surface area contributed by atoms with Gasteiger partial charge in [0.05, 0.1) is 5.56 Å². The van der Waals surface area contributed by atoms with Gasteiger partial charge in [0.2, 0.25) is 0 Å². The minimum absolute atomic E-state index is 0.108. The second-order valence-corrected chi connectivity index (χ2v) is 5.40.